The van der Waals surface area contributed by atoms with Crippen LogP contribution in [-0.2, 0) is 10.2 Å². The molecule has 0 radical (unpaired) electrons. The Balaban J connectivity index is 3.01. The monoisotopic (exact) mass is 269 g/mol. The summed E-state index contributed by atoms with van der Waals surface area (Å²) in [6.45, 7) is 3.95. The Hall–Kier alpha value is -0.970. The summed E-state index contributed by atoms with van der Waals surface area (Å²) in [7, 11) is 1.65. The van der Waals surface area contributed by atoms with Crippen molar-refractivity contribution in [1.29, 1.82) is 0 Å². The van der Waals surface area contributed by atoms with E-state index in [1.165, 1.54) is 6.07 Å². The third-order valence-corrected chi connectivity index (χ3v) is 3.90. The van der Waals surface area contributed by atoms with Crippen molar-refractivity contribution in [2.75, 3.05) is 20.3 Å². The highest BCUT2D eigenvalue weighted by molar-refractivity contribution is 5.28. The lowest BCUT2D eigenvalue weighted by Crippen LogP contribution is -2.41. The molecule has 3 nitrogen and oxygen atoms in total. The van der Waals surface area contributed by atoms with Crippen molar-refractivity contribution in [2.24, 2.45) is 5.73 Å². The van der Waals surface area contributed by atoms with Crippen molar-refractivity contribution in [3.63, 3.8) is 0 Å². The summed E-state index contributed by atoms with van der Waals surface area (Å²) in [4.78, 5) is 0. The minimum absolute atomic E-state index is 0.176. The van der Waals surface area contributed by atoms with E-state index in [4.69, 9.17) is 10.5 Å². The van der Waals surface area contributed by atoms with Crippen molar-refractivity contribution in [1.82, 2.24) is 0 Å². The molecule has 0 aromatic heterocycles. The number of methoxy groups -OCH3 is 1. The van der Waals surface area contributed by atoms with E-state index in [1.54, 1.807) is 25.3 Å². The first-order valence-corrected chi connectivity index (χ1v) is 6.52. The lowest BCUT2D eigenvalue weighted by Gasteiger charge is -2.34. The van der Waals surface area contributed by atoms with Gasteiger partial charge in [0.05, 0.1) is 12.2 Å². The topological polar surface area (TPSA) is 55.5 Å². The van der Waals surface area contributed by atoms with Gasteiger partial charge in [-0.05, 0) is 38.3 Å². The largest absolute Gasteiger partial charge is 0.395 e. The summed E-state index contributed by atoms with van der Waals surface area (Å²) in [6, 6.07) is 6.49. The molecule has 0 amide bonds. The molecule has 3 N–H and O–H groups in total. The molecule has 0 fully saturated rings. The fraction of sp³-hybridized carbons (Fsp3) is 0.600. The van der Waals surface area contributed by atoms with Gasteiger partial charge in [-0.2, -0.15) is 0 Å². The maximum absolute atomic E-state index is 14.0. The van der Waals surface area contributed by atoms with Crippen molar-refractivity contribution in [2.45, 2.75) is 37.7 Å². The maximum atomic E-state index is 14.0. The molecule has 1 rings (SSSR count). The van der Waals surface area contributed by atoms with E-state index in [0.717, 1.165) is 0 Å². The molecular weight excluding hydrogens is 245 g/mol. The molecule has 108 valence electrons. The number of hydrogen-bond donors (Lipinski definition) is 2. The fourth-order valence-electron chi connectivity index (χ4n) is 2.11. The Morgan fingerprint density at radius 2 is 1.89 bits per heavy atom. The second-order valence-corrected chi connectivity index (χ2v) is 5.59. The van der Waals surface area contributed by atoms with E-state index in [9.17, 15) is 9.50 Å². The van der Waals surface area contributed by atoms with Crippen molar-refractivity contribution < 1.29 is 14.2 Å². The Labute approximate surface area is 114 Å². The van der Waals surface area contributed by atoms with Gasteiger partial charge in [-0.15, -0.1) is 0 Å². The third kappa shape index (κ3) is 3.75. The normalized spacial score (nSPS) is 15.3. The summed E-state index contributed by atoms with van der Waals surface area (Å²) < 4.78 is 19.3. The third-order valence-electron chi connectivity index (χ3n) is 3.90. The average molecular weight is 269 g/mol. The van der Waals surface area contributed by atoms with Crippen LogP contribution < -0.4 is 5.73 Å². The summed E-state index contributed by atoms with van der Waals surface area (Å²) >= 11 is 0. The van der Waals surface area contributed by atoms with Gasteiger partial charge >= 0.3 is 0 Å². The van der Waals surface area contributed by atoms with Gasteiger partial charge in [0.25, 0.3) is 0 Å². The molecule has 0 aliphatic heterocycles. The van der Waals surface area contributed by atoms with E-state index in [2.05, 4.69) is 0 Å². The first-order valence-electron chi connectivity index (χ1n) is 6.52. The van der Waals surface area contributed by atoms with Crippen molar-refractivity contribution in [3.05, 3.63) is 35.6 Å². The molecule has 0 saturated carbocycles. The van der Waals surface area contributed by atoms with E-state index < -0.39 is 5.41 Å². The fourth-order valence-corrected chi connectivity index (χ4v) is 2.11. The average Bonchev–Trinajstić information content (AvgIpc) is 2.42. The van der Waals surface area contributed by atoms with Crippen LogP contribution in [0.1, 0.15) is 32.3 Å². The number of benzene rings is 1. The molecule has 0 bridgehead atoms. The predicted octanol–water partition coefficient (Wildman–Crippen LogP) is 2.22. The molecule has 1 aromatic rings. The number of nitrogens with two attached hydrogens (primary N) is 1. The first kappa shape index (κ1) is 16.1. The number of halogens is 1. The summed E-state index contributed by atoms with van der Waals surface area (Å²) in [6.07, 6.45) is 1.26. The molecule has 4 heteroatoms. The molecule has 0 aliphatic carbocycles. The molecule has 1 aromatic carbocycles. The number of aliphatic hydroxyl groups is 1. The summed E-state index contributed by atoms with van der Waals surface area (Å²) in [5.41, 5.74) is 5.23. The van der Waals surface area contributed by atoms with Crippen LogP contribution in [0.2, 0.25) is 0 Å². The molecular formula is C15H24FNO2. The molecule has 0 spiro atoms. The lowest BCUT2D eigenvalue weighted by molar-refractivity contribution is 0.00562. The van der Waals surface area contributed by atoms with Crippen LogP contribution in [0.15, 0.2) is 24.3 Å². The Bertz CT molecular complexity index is 403. The van der Waals surface area contributed by atoms with Crippen LogP contribution in [0.5, 0.6) is 0 Å². The minimum atomic E-state index is -0.749. The highest BCUT2D eigenvalue weighted by Crippen LogP contribution is 2.33. The standard InChI is InChI=1S/C15H24FNO2/c1-14(2,19-3)8-9-15(10-17,11-18)12-6-4-5-7-13(12)16/h4-7,18H,8-11,17H2,1-3H3. The molecule has 0 heterocycles. The van der Waals surface area contributed by atoms with Crippen LogP contribution in [0.4, 0.5) is 4.39 Å². The highest BCUT2D eigenvalue weighted by atomic mass is 19.1. The second-order valence-electron chi connectivity index (χ2n) is 5.59. The van der Waals surface area contributed by atoms with Crippen molar-refractivity contribution >= 4 is 0 Å². The van der Waals surface area contributed by atoms with E-state index >= 15 is 0 Å². The lowest BCUT2D eigenvalue weighted by atomic mass is 9.75. The van der Waals surface area contributed by atoms with Crippen LogP contribution in [0, 0.1) is 5.82 Å². The van der Waals surface area contributed by atoms with Crippen LogP contribution in [0.3, 0.4) is 0 Å². The van der Waals surface area contributed by atoms with Gasteiger partial charge in [0.2, 0.25) is 0 Å². The molecule has 1 atom stereocenters. The highest BCUT2D eigenvalue weighted by Gasteiger charge is 2.34. The van der Waals surface area contributed by atoms with Crippen LogP contribution >= 0.6 is 0 Å². The number of rotatable bonds is 7. The van der Waals surface area contributed by atoms with Gasteiger partial charge in [-0.1, -0.05) is 18.2 Å². The molecule has 0 saturated heterocycles. The van der Waals surface area contributed by atoms with Crippen molar-refractivity contribution in [3.8, 4) is 0 Å². The number of hydrogen-bond acceptors (Lipinski definition) is 3. The SMILES string of the molecule is COC(C)(C)CCC(CN)(CO)c1ccccc1F. The maximum Gasteiger partial charge on any atom is 0.127 e. The molecule has 1 unspecified atom stereocenters. The Morgan fingerprint density at radius 1 is 1.26 bits per heavy atom. The second kappa shape index (κ2) is 6.46. The molecule has 0 aliphatic rings. The summed E-state index contributed by atoms with van der Waals surface area (Å²) in [5, 5.41) is 9.74. The zero-order valence-corrected chi connectivity index (χ0v) is 11.9. The quantitative estimate of drug-likeness (QED) is 0.798. The minimum Gasteiger partial charge on any atom is -0.395 e. The van der Waals surface area contributed by atoms with E-state index in [0.29, 0.717) is 18.4 Å². The van der Waals surface area contributed by atoms with E-state index in [-0.39, 0.29) is 24.6 Å². The zero-order chi connectivity index (χ0) is 14.5. The van der Waals surface area contributed by atoms with E-state index in [1.807, 2.05) is 13.8 Å². The zero-order valence-electron chi connectivity index (χ0n) is 11.9. The summed E-state index contributed by atoms with van der Waals surface area (Å²) in [5.74, 6) is -0.322. The smallest absolute Gasteiger partial charge is 0.127 e. The number of aliphatic hydroxyl groups excluding tert-OH is 1. The molecule has 19 heavy (non-hydrogen) atoms. The van der Waals surface area contributed by atoms with Crippen LogP contribution in [0.25, 0.3) is 0 Å². The van der Waals surface area contributed by atoms with Gasteiger partial charge in [0, 0.05) is 19.1 Å². The number of ether oxygens (including phenoxy) is 1. The Morgan fingerprint density at radius 3 is 2.37 bits per heavy atom. The van der Waals surface area contributed by atoms with Gasteiger partial charge in [-0.3, -0.25) is 0 Å². The van der Waals surface area contributed by atoms with Gasteiger partial charge in [0.1, 0.15) is 5.82 Å². The van der Waals surface area contributed by atoms with Crippen LogP contribution in [-0.4, -0.2) is 31.0 Å². The van der Waals surface area contributed by atoms with Gasteiger partial charge in [-0.25, -0.2) is 4.39 Å². The van der Waals surface area contributed by atoms with Gasteiger partial charge < -0.3 is 15.6 Å². The van der Waals surface area contributed by atoms with Gasteiger partial charge in [0.15, 0.2) is 0 Å². The Kier molecular flexibility index (Phi) is 5.47. The first-order chi connectivity index (χ1) is 8.90. The predicted molar refractivity (Wildman–Crippen MR) is 74.5 cm³/mol.